The minimum Gasteiger partial charge on any atom is -0.342 e. The van der Waals surface area contributed by atoms with Crippen molar-refractivity contribution in [3.8, 4) is 12.3 Å². The zero-order chi connectivity index (χ0) is 14.4. The minimum atomic E-state index is 0.172. The Morgan fingerprint density at radius 1 is 1.45 bits per heavy atom. The van der Waals surface area contributed by atoms with Gasteiger partial charge in [-0.1, -0.05) is 12.0 Å². The van der Waals surface area contributed by atoms with Crippen LogP contribution in [0.3, 0.4) is 0 Å². The summed E-state index contributed by atoms with van der Waals surface area (Å²) < 4.78 is 0. The molecular weight excluding hydrogens is 250 g/mol. The fraction of sp³-hybridized carbons (Fsp3) is 0.500. The van der Waals surface area contributed by atoms with Crippen molar-refractivity contribution in [2.24, 2.45) is 0 Å². The number of hydrogen-bond donors (Lipinski definition) is 0. The van der Waals surface area contributed by atoms with Crippen LogP contribution in [0.1, 0.15) is 24.2 Å². The van der Waals surface area contributed by atoms with Crippen LogP contribution in [0, 0.1) is 19.3 Å². The second kappa shape index (κ2) is 7.06. The van der Waals surface area contributed by atoms with E-state index in [0.717, 1.165) is 37.3 Å². The standard InChI is InChI=1S/C16H21N3O/c1-3-9-18(12-15-8-6-7-14(2)17-15)13-16(20)19-10-4-5-11-19/h1,6-8H,4-5,9-13H2,2H3. The van der Waals surface area contributed by atoms with E-state index in [1.807, 2.05) is 34.9 Å². The molecule has 4 nitrogen and oxygen atoms in total. The molecule has 1 amide bonds. The van der Waals surface area contributed by atoms with Crippen LogP contribution < -0.4 is 0 Å². The van der Waals surface area contributed by atoms with Crippen molar-refractivity contribution in [1.29, 1.82) is 0 Å². The Labute approximate surface area is 120 Å². The molecular formula is C16H21N3O. The number of terminal acetylenes is 1. The zero-order valence-electron chi connectivity index (χ0n) is 12.0. The molecule has 0 aromatic carbocycles. The van der Waals surface area contributed by atoms with E-state index in [0.29, 0.717) is 19.6 Å². The molecule has 106 valence electrons. The first-order valence-electron chi connectivity index (χ1n) is 7.05. The van der Waals surface area contributed by atoms with Gasteiger partial charge in [0.25, 0.3) is 0 Å². The van der Waals surface area contributed by atoms with E-state index in [-0.39, 0.29) is 5.91 Å². The fourth-order valence-corrected chi connectivity index (χ4v) is 2.47. The van der Waals surface area contributed by atoms with Gasteiger partial charge in [-0.3, -0.25) is 14.7 Å². The van der Waals surface area contributed by atoms with E-state index in [1.54, 1.807) is 0 Å². The summed E-state index contributed by atoms with van der Waals surface area (Å²) in [4.78, 5) is 20.5. The molecule has 0 radical (unpaired) electrons. The van der Waals surface area contributed by atoms with Crippen molar-refractivity contribution in [1.82, 2.24) is 14.8 Å². The van der Waals surface area contributed by atoms with Gasteiger partial charge in [0.2, 0.25) is 5.91 Å². The van der Waals surface area contributed by atoms with E-state index in [2.05, 4.69) is 10.9 Å². The molecule has 2 rings (SSSR count). The normalized spacial score (nSPS) is 14.6. The molecule has 1 aliphatic heterocycles. The predicted molar refractivity (Wildman–Crippen MR) is 78.9 cm³/mol. The summed E-state index contributed by atoms with van der Waals surface area (Å²) >= 11 is 0. The monoisotopic (exact) mass is 271 g/mol. The summed E-state index contributed by atoms with van der Waals surface area (Å²) in [5, 5.41) is 0. The highest BCUT2D eigenvalue weighted by Crippen LogP contribution is 2.09. The molecule has 0 spiro atoms. The van der Waals surface area contributed by atoms with E-state index >= 15 is 0 Å². The highest BCUT2D eigenvalue weighted by Gasteiger charge is 2.20. The van der Waals surface area contributed by atoms with Crippen molar-refractivity contribution in [2.75, 3.05) is 26.2 Å². The maximum absolute atomic E-state index is 12.2. The smallest absolute Gasteiger partial charge is 0.236 e. The van der Waals surface area contributed by atoms with Crippen molar-refractivity contribution in [3.05, 3.63) is 29.6 Å². The lowest BCUT2D eigenvalue weighted by Gasteiger charge is -2.22. The first kappa shape index (κ1) is 14.5. The number of nitrogens with zero attached hydrogens (tertiary/aromatic N) is 3. The van der Waals surface area contributed by atoms with Crippen LogP contribution >= 0.6 is 0 Å². The molecule has 0 aliphatic carbocycles. The third-order valence-electron chi connectivity index (χ3n) is 3.46. The molecule has 1 aliphatic rings. The Kier molecular flexibility index (Phi) is 5.14. The van der Waals surface area contributed by atoms with Gasteiger partial charge in [-0.05, 0) is 31.9 Å². The van der Waals surface area contributed by atoms with Gasteiger partial charge < -0.3 is 4.90 Å². The Balaban J connectivity index is 1.96. The average molecular weight is 271 g/mol. The van der Waals surface area contributed by atoms with Crippen molar-refractivity contribution < 1.29 is 4.79 Å². The van der Waals surface area contributed by atoms with Crippen LogP contribution in [0.25, 0.3) is 0 Å². The van der Waals surface area contributed by atoms with Crippen LogP contribution in [0.5, 0.6) is 0 Å². The van der Waals surface area contributed by atoms with E-state index in [1.165, 1.54) is 0 Å². The topological polar surface area (TPSA) is 36.4 Å². The quantitative estimate of drug-likeness (QED) is 0.761. The van der Waals surface area contributed by atoms with Crippen molar-refractivity contribution in [2.45, 2.75) is 26.3 Å². The maximum atomic E-state index is 12.2. The van der Waals surface area contributed by atoms with E-state index in [9.17, 15) is 4.79 Å². The van der Waals surface area contributed by atoms with Crippen LogP contribution in [0.4, 0.5) is 0 Å². The van der Waals surface area contributed by atoms with Gasteiger partial charge in [0.1, 0.15) is 0 Å². The molecule has 0 saturated carbocycles. The van der Waals surface area contributed by atoms with Crippen LogP contribution in [-0.4, -0.2) is 46.9 Å². The molecule has 20 heavy (non-hydrogen) atoms. The molecule has 0 atom stereocenters. The second-order valence-electron chi connectivity index (χ2n) is 5.21. The number of rotatable bonds is 5. The summed E-state index contributed by atoms with van der Waals surface area (Å²) in [5.74, 6) is 2.80. The number of likely N-dealkylation sites (tertiary alicyclic amines) is 1. The van der Waals surface area contributed by atoms with Crippen molar-refractivity contribution in [3.63, 3.8) is 0 Å². The molecule has 1 aromatic rings. The second-order valence-corrected chi connectivity index (χ2v) is 5.21. The van der Waals surface area contributed by atoms with E-state index < -0.39 is 0 Å². The van der Waals surface area contributed by atoms with Gasteiger partial charge in [-0.25, -0.2) is 0 Å². The number of carbonyl (C=O) groups excluding carboxylic acids is 1. The predicted octanol–water partition coefficient (Wildman–Crippen LogP) is 1.45. The van der Waals surface area contributed by atoms with Crippen LogP contribution in [0.15, 0.2) is 18.2 Å². The fourth-order valence-electron chi connectivity index (χ4n) is 2.47. The lowest BCUT2D eigenvalue weighted by molar-refractivity contribution is -0.131. The summed E-state index contributed by atoms with van der Waals surface area (Å²) in [7, 11) is 0. The summed E-state index contributed by atoms with van der Waals surface area (Å²) in [6, 6.07) is 5.91. The van der Waals surface area contributed by atoms with Gasteiger partial charge in [-0.15, -0.1) is 6.42 Å². The minimum absolute atomic E-state index is 0.172. The Bertz CT molecular complexity index is 501. The third-order valence-corrected chi connectivity index (χ3v) is 3.46. The maximum Gasteiger partial charge on any atom is 0.236 e. The van der Waals surface area contributed by atoms with Gasteiger partial charge >= 0.3 is 0 Å². The Morgan fingerprint density at radius 3 is 2.85 bits per heavy atom. The van der Waals surface area contributed by atoms with Gasteiger partial charge in [-0.2, -0.15) is 0 Å². The average Bonchev–Trinajstić information content (AvgIpc) is 2.93. The van der Waals surface area contributed by atoms with Crippen LogP contribution in [-0.2, 0) is 11.3 Å². The number of aromatic nitrogens is 1. The lowest BCUT2D eigenvalue weighted by atomic mass is 10.3. The molecule has 1 fully saturated rings. The molecule has 2 heterocycles. The molecule has 0 N–H and O–H groups in total. The highest BCUT2D eigenvalue weighted by molar-refractivity contribution is 5.78. The SMILES string of the molecule is C#CCN(CC(=O)N1CCCC1)Cc1cccc(C)n1. The van der Waals surface area contributed by atoms with Gasteiger partial charge in [0, 0.05) is 25.3 Å². The number of carbonyl (C=O) groups is 1. The number of hydrogen-bond acceptors (Lipinski definition) is 3. The number of aryl methyl sites for hydroxylation is 1. The van der Waals surface area contributed by atoms with Gasteiger partial charge in [0.15, 0.2) is 0 Å². The molecule has 1 aromatic heterocycles. The first-order chi connectivity index (χ1) is 9.69. The Morgan fingerprint density at radius 2 is 2.20 bits per heavy atom. The van der Waals surface area contributed by atoms with E-state index in [4.69, 9.17) is 6.42 Å². The summed E-state index contributed by atoms with van der Waals surface area (Å²) in [6.07, 6.45) is 7.63. The highest BCUT2D eigenvalue weighted by atomic mass is 16.2. The number of amides is 1. The first-order valence-corrected chi connectivity index (χ1v) is 7.05. The molecule has 4 heteroatoms. The lowest BCUT2D eigenvalue weighted by Crippen LogP contribution is -2.39. The van der Waals surface area contributed by atoms with Gasteiger partial charge in [0.05, 0.1) is 18.8 Å². The zero-order valence-corrected chi connectivity index (χ0v) is 12.0. The van der Waals surface area contributed by atoms with Crippen LogP contribution in [0.2, 0.25) is 0 Å². The molecule has 0 bridgehead atoms. The molecule has 1 saturated heterocycles. The largest absolute Gasteiger partial charge is 0.342 e. The number of pyridine rings is 1. The Hall–Kier alpha value is -1.86. The summed E-state index contributed by atoms with van der Waals surface area (Å²) in [5.41, 5.74) is 1.93. The summed E-state index contributed by atoms with van der Waals surface area (Å²) in [6.45, 7) is 5.18. The molecule has 0 unspecified atom stereocenters. The third kappa shape index (κ3) is 4.07. The van der Waals surface area contributed by atoms with Crippen molar-refractivity contribution >= 4 is 5.91 Å².